The lowest BCUT2D eigenvalue weighted by Crippen LogP contribution is -2.30. The molecule has 0 aliphatic carbocycles. The molecule has 0 N–H and O–H groups in total. The summed E-state index contributed by atoms with van der Waals surface area (Å²) in [4.78, 5) is 15.3. The summed E-state index contributed by atoms with van der Waals surface area (Å²) < 4.78 is 26.0. The van der Waals surface area contributed by atoms with Crippen molar-refractivity contribution in [3.05, 3.63) is 35.9 Å². The summed E-state index contributed by atoms with van der Waals surface area (Å²) >= 11 is 0. The fraction of sp³-hybridized carbons (Fsp3) is 0.429. The number of carbonyl (C=O) groups excluding carboxylic acids is 1. The predicted molar refractivity (Wildman–Crippen MR) is 75.7 cm³/mol. The number of nitrogens with zero attached hydrogens (tertiary/aromatic N) is 2. The highest BCUT2D eigenvalue weighted by atomic mass is 32.2. The highest BCUT2D eigenvalue weighted by Gasteiger charge is 2.30. The molecule has 1 fully saturated rings. The Kier molecular flexibility index (Phi) is 3.33. The maximum Gasteiger partial charge on any atom is 0.153 e. The second-order valence-corrected chi connectivity index (χ2v) is 7.60. The van der Waals surface area contributed by atoms with Crippen LogP contribution < -0.4 is 0 Å². The molecule has 2 aromatic heterocycles. The van der Waals surface area contributed by atoms with E-state index < -0.39 is 9.84 Å². The number of imidazole rings is 1. The fourth-order valence-electron chi connectivity index (χ4n) is 2.80. The SMILES string of the molecule is O=Cc1cccn2c(CC3CCCCS3(=O)=O)ncc12. The van der Waals surface area contributed by atoms with E-state index in [2.05, 4.69) is 4.98 Å². The number of aromatic nitrogens is 2. The van der Waals surface area contributed by atoms with Crippen molar-refractivity contribution >= 4 is 21.6 Å². The molecule has 2 aromatic rings. The van der Waals surface area contributed by atoms with E-state index in [9.17, 15) is 13.2 Å². The molecule has 0 spiro atoms. The zero-order valence-electron chi connectivity index (χ0n) is 11.0. The normalized spacial score (nSPS) is 21.9. The number of sulfone groups is 1. The average molecular weight is 292 g/mol. The van der Waals surface area contributed by atoms with Gasteiger partial charge in [-0.05, 0) is 25.0 Å². The first-order valence-corrected chi connectivity index (χ1v) is 8.45. The molecular formula is C14H16N2O3S. The van der Waals surface area contributed by atoms with Gasteiger partial charge in [-0.15, -0.1) is 0 Å². The van der Waals surface area contributed by atoms with Crippen LogP contribution in [0, 0.1) is 0 Å². The highest BCUT2D eigenvalue weighted by Crippen LogP contribution is 2.23. The Bertz CT molecular complexity index is 749. The minimum Gasteiger partial charge on any atom is -0.303 e. The third kappa shape index (κ3) is 2.24. The van der Waals surface area contributed by atoms with Crippen LogP contribution in [0.2, 0.25) is 0 Å². The molecule has 1 aliphatic heterocycles. The van der Waals surface area contributed by atoms with E-state index in [4.69, 9.17) is 0 Å². The van der Waals surface area contributed by atoms with E-state index in [0.717, 1.165) is 24.6 Å². The Morgan fingerprint density at radius 1 is 1.40 bits per heavy atom. The van der Waals surface area contributed by atoms with Crippen molar-refractivity contribution in [2.75, 3.05) is 5.75 Å². The molecule has 1 saturated heterocycles. The standard InChI is InChI=1S/C14H16N2O3S/c17-10-11-4-3-6-16-13(11)9-15-14(16)8-12-5-1-2-7-20(12,18)19/h3-4,6,9-10,12H,1-2,5,7-8H2. The van der Waals surface area contributed by atoms with Crippen LogP contribution in [-0.4, -0.2) is 35.1 Å². The molecule has 5 nitrogen and oxygen atoms in total. The monoisotopic (exact) mass is 292 g/mol. The summed E-state index contributed by atoms with van der Waals surface area (Å²) in [5.74, 6) is 0.986. The Balaban J connectivity index is 1.97. The van der Waals surface area contributed by atoms with Gasteiger partial charge in [0.15, 0.2) is 16.1 Å². The first kappa shape index (κ1) is 13.3. The van der Waals surface area contributed by atoms with Crippen molar-refractivity contribution in [1.82, 2.24) is 9.38 Å². The number of pyridine rings is 1. The van der Waals surface area contributed by atoms with Crippen LogP contribution in [0.25, 0.3) is 5.52 Å². The molecule has 106 valence electrons. The van der Waals surface area contributed by atoms with Crippen LogP contribution in [0.5, 0.6) is 0 Å². The molecule has 0 amide bonds. The van der Waals surface area contributed by atoms with E-state index in [-0.39, 0.29) is 11.0 Å². The number of fused-ring (bicyclic) bond motifs is 1. The molecule has 0 radical (unpaired) electrons. The molecule has 1 aliphatic rings. The minimum atomic E-state index is -3.01. The Morgan fingerprint density at radius 3 is 3.00 bits per heavy atom. The Morgan fingerprint density at radius 2 is 2.25 bits per heavy atom. The van der Waals surface area contributed by atoms with Gasteiger partial charge in [0.1, 0.15) is 5.82 Å². The summed E-state index contributed by atoms with van der Waals surface area (Å²) in [5, 5.41) is -0.346. The lowest BCUT2D eigenvalue weighted by molar-refractivity contribution is 0.112. The number of hydrogen-bond acceptors (Lipinski definition) is 4. The summed E-state index contributed by atoms with van der Waals surface area (Å²) in [7, 11) is -3.01. The van der Waals surface area contributed by atoms with Crippen LogP contribution in [-0.2, 0) is 16.3 Å². The van der Waals surface area contributed by atoms with Crippen molar-refractivity contribution < 1.29 is 13.2 Å². The summed E-state index contributed by atoms with van der Waals surface area (Å²) in [6.45, 7) is 0. The van der Waals surface area contributed by atoms with Crippen LogP contribution in [0.15, 0.2) is 24.5 Å². The van der Waals surface area contributed by atoms with E-state index in [0.29, 0.717) is 24.2 Å². The van der Waals surface area contributed by atoms with Crippen molar-refractivity contribution in [2.24, 2.45) is 0 Å². The van der Waals surface area contributed by atoms with Crippen molar-refractivity contribution in [3.63, 3.8) is 0 Å². The zero-order valence-corrected chi connectivity index (χ0v) is 11.8. The van der Waals surface area contributed by atoms with E-state index in [1.807, 2.05) is 10.6 Å². The largest absolute Gasteiger partial charge is 0.303 e. The second kappa shape index (κ2) is 5.01. The lowest BCUT2D eigenvalue weighted by atomic mass is 10.1. The van der Waals surface area contributed by atoms with Gasteiger partial charge < -0.3 is 4.40 Å². The van der Waals surface area contributed by atoms with Crippen LogP contribution in [0.3, 0.4) is 0 Å². The summed E-state index contributed by atoms with van der Waals surface area (Å²) in [6.07, 6.45) is 7.07. The predicted octanol–water partition coefficient (Wildman–Crippen LogP) is 1.66. The minimum absolute atomic E-state index is 0.278. The highest BCUT2D eigenvalue weighted by molar-refractivity contribution is 7.92. The summed E-state index contributed by atoms with van der Waals surface area (Å²) in [6, 6.07) is 3.50. The van der Waals surface area contributed by atoms with Gasteiger partial charge >= 0.3 is 0 Å². The van der Waals surface area contributed by atoms with Gasteiger partial charge in [0.05, 0.1) is 22.7 Å². The maximum atomic E-state index is 12.1. The molecule has 6 heteroatoms. The number of carbonyl (C=O) groups is 1. The third-order valence-corrected chi connectivity index (χ3v) is 6.21. The maximum absolute atomic E-state index is 12.1. The first-order chi connectivity index (χ1) is 9.62. The van der Waals surface area contributed by atoms with Gasteiger partial charge in [0, 0.05) is 18.2 Å². The number of aldehydes is 1. The van der Waals surface area contributed by atoms with E-state index in [1.165, 1.54) is 0 Å². The zero-order chi connectivity index (χ0) is 14.2. The Labute approximate surface area is 117 Å². The number of hydrogen-bond donors (Lipinski definition) is 0. The van der Waals surface area contributed by atoms with Crippen molar-refractivity contribution in [1.29, 1.82) is 0 Å². The van der Waals surface area contributed by atoms with Gasteiger partial charge in [-0.25, -0.2) is 13.4 Å². The molecule has 3 rings (SSSR count). The van der Waals surface area contributed by atoms with Gasteiger partial charge in [0.25, 0.3) is 0 Å². The molecule has 1 atom stereocenters. The van der Waals surface area contributed by atoms with Gasteiger partial charge in [-0.3, -0.25) is 4.79 Å². The van der Waals surface area contributed by atoms with E-state index >= 15 is 0 Å². The van der Waals surface area contributed by atoms with Crippen LogP contribution in [0.1, 0.15) is 35.4 Å². The smallest absolute Gasteiger partial charge is 0.153 e. The quantitative estimate of drug-likeness (QED) is 0.807. The fourth-order valence-corrected chi connectivity index (χ4v) is 4.67. The topological polar surface area (TPSA) is 68.5 Å². The molecule has 3 heterocycles. The number of rotatable bonds is 3. The Hall–Kier alpha value is -1.69. The van der Waals surface area contributed by atoms with Gasteiger partial charge in [0.2, 0.25) is 0 Å². The summed E-state index contributed by atoms with van der Waals surface area (Å²) in [5.41, 5.74) is 1.29. The second-order valence-electron chi connectivity index (χ2n) is 5.20. The first-order valence-electron chi connectivity index (χ1n) is 6.73. The molecule has 0 bridgehead atoms. The molecule has 1 unspecified atom stereocenters. The molecular weight excluding hydrogens is 276 g/mol. The van der Waals surface area contributed by atoms with Crippen LogP contribution >= 0.6 is 0 Å². The van der Waals surface area contributed by atoms with Gasteiger partial charge in [-0.1, -0.05) is 6.42 Å². The third-order valence-electron chi connectivity index (χ3n) is 3.93. The van der Waals surface area contributed by atoms with Gasteiger partial charge in [-0.2, -0.15) is 0 Å². The van der Waals surface area contributed by atoms with Crippen molar-refractivity contribution in [2.45, 2.75) is 30.9 Å². The lowest BCUT2D eigenvalue weighted by Gasteiger charge is -2.21. The molecule has 20 heavy (non-hydrogen) atoms. The van der Waals surface area contributed by atoms with Crippen LogP contribution in [0.4, 0.5) is 0 Å². The van der Waals surface area contributed by atoms with Crippen molar-refractivity contribution in [3.8, 4) is 0 Å². The molecule has 0 aromatic carbocycles. The molecule has 0 saturated carbocycles. The van der Waals surface area contributed by atoms with E-state index in [1.54, 1.807) is 18.3 Å². The average Bonchev–Trinajstić information content (AvgIpc) is 2.84.